The van der Waals surface area contributed by atoms with E-state index in [4.69, 9.17) is 10.5 Å². The van der Waals surface area contributed by atoms with Gasteiger partial charge in [-0.2, -0.15) is 0 Å². The molecule has 1 aromatic carbocycles. The smallest absolute Gasteiger partial charge is 0.234 e. The van der Waals surface area contributed by atoms with Gasteiger partial charge in [-0.25, -0.2) is 0 Å². The van der Waals surface area contributed by atoms with Crippen LogP contribution in [0.2, 0.25) is 0 Å². The number of carbonyl (C=O) groups is 1. The molecule has 0 saturated heterocycles. The van der Waals surface area contributed by atoms with E-state index in [1.807, 2.05) is 36.2 Å². The molecule has 21 heavy (non-hydrogen) atoms. The van der Waals surface area contributed by atoms with Gasteiger partial charge in [0.15, 0.2) is 0 Å². The van der Waals surface area contributed by atoms with Crippen molar-refractivity contribution < 1.29 is 9.53 Å². The van der Waals surface area contributed by atoms with Crippen molar-refractivity contribution in [3.8, 4) is 11.8 Å². The summed E-state index contributed by atoms with van der Waals surface area (Å²) in [5.74, 6) is 5.90. The molecule has 5 nitrogen and oxygen atoms in total. The molecule has 0 aliphatic heterocycles. The number of rotatable bonds is 7. The zero-order valence-electron chi connectivity index (χ0n) is 12.7. The van der Waals surface area contributed by atoms with Crippen molar-refractivity contribution in [3.63, 3.8) is 0 Å². The molecule has 5 heteroatoms. The van der Waals surface area contributed by atoms with Crippen LogP contribution in [0.4, 0.5) is 0 Å². The molecular weight excluding hydrogens is 266 g/mol. The van der Waals surface area contributed by atoms with Crippen LogP contribution in [0.15, 0.2) is 24.3 Å². The highest BCUT2D eigenvalue weighted by molar-refractivity contribution is 5.77. The Kier molecular flexibility index (Phi) is 8.14. The van der Waals surface area contributed by atoms with Crippen LogP contribution < -0.4 is 11.1 Å². The largest absolute Gasteiger partial charge is 0.383 e. The number of ether oxygens (including phenoxy) is 1. The highest BCUT2D eigenvalue weighted by Crippen LogP contribution is 2.09. The Balaban J connectivity index is 2.54. The van der Waals surface area contributed by atoms with Crippen molar-refractivity contribution >= 4 is 5.91 Å². The van der Waals surface area contributed by atoms with E-state index in [2.05, 4.69) is 17.2 Å². The van der Waals surface area contributed by atoms with Crippen LogP contribution in [-0.2, 0) is 16.1 Å². The Hall–Kier alpha value is -1.87. The summed E-state index contributed by atoms with van der Waals surface area (Å²) in [7, 11) is 3.51. The fourth-order valence-corrected chi connectivity index (χ4v) is 1.87. The molecule has 1 rings (SSSR count). The highest BCUT2D eigenvalue weighted by Gasteiger charge is 2.08. The summed E-state index contributed by atoms with van der Waals surface area (Å²) in [6.07, 6.45) is 0. The molecule has 114 valence electrons. The number of methoxy groups -OCH3 is 1. The number of nitrogens with zero attached hydrogens (tertiary/aromatic N) is 1. The molecule has 0 heterocycles. The molecule has 0 aliphatic carbocycles. The number of hydrogen-bond donors (Lipinski definition) is 2. The molecular formula is C16H23N3O2. The van der Waals surface area contributed by atoms with Gasteiger partial charge in [-0.15, -0.1) is 0 Å². The molecule has 3 N–H and O–H groups in total. The summed E-state index contributed by atoms with van der Waals surface area (Å²) in [6.45, 7) is 2.39. The van der Waals surface area contributed by atoms with E-state index < -0.39 is 0 Å². The van der Waals surface area contributed by atoms with Gasteiger partial charge in [0.25, 0.3) is 0 Å². The van der Waals surface area contributed by atoms with Gasteiger partial charge in [0.05, 0.1) is 19.7 Å². The lowest BCUT2D eigenvalue weighted by molar-refractivity contribution is -0.122. The molecule has 0 aromatic heterocycles. The monoisotopic (exact) mass is 289 g/mol. The van der Waals surface area contributed by atoms with Crippen LogP contribution >= 0.6 is 0 Å². The van der Waals surface area contributed by atoms with Gasteiger partial charge in [0, 0.05) is 25.8 Å². The van der Waals surface area contributed by atoms with Crippen molar-refractivity contribution in [1.29, 1.82) is 0 Å². The lowest BCUT2D eigenvalue weighted by Gasteiger charge is -2.17. The minimum Gasteiger partial charge on any atom is -0.383 e. The fourth-order valence-electron chi connectivity index (χ4n) is 1.87. The van der Waals surface area contributed by atoms with E-state index >= 15 is 0 Å². The predicted molar refractivity (Wildman–Crippen MR) is 83.6 cm³/mol. The highest BCUT2D eigenvalue weighted by atomic mass is 16.5. The van der Waals surface area contributed by atoms with Gasteiger partial charge in [0.1, 0.15) is 0 Å². The minimum absolute atomic E-state index is 0.0138. The Morgan fingerprint density at radius 1 is 1.43 bits per heavy atom. The first kappa shape index (κ1) is 17.2. The van der Waals surface area contributed by atoms with Gasteiger partial charge in [-0.3, -0.25) is 9.69 Å². The Labute approximate surface area is 126 Å². The molecule has 1 amide bonds. The summed E-state index contributed by atoms with van der Waals surface area (Å²) in [6, 6.07) is 7.89. The third-order valence-corrected chi connectivity index (χ3v) is 2.82. The van der Waals surface area contributed by atoms with Crippen LogP contribution in [0.3, 0.4) is 0 Å². The summed E-state index contributed by atoms with van der Waals surface area (Å²) >= 11 is 0. The normalized spacial score (nSPS) is 10.1. The second-order valence-corrected chi connectivity index (χ2v) is 4.68. The molecule has 0 spiro atoms. The molecule has 0 saturated carbocycles. The van der Waals surface area contributed by atoms with Crippen LogP contribution in [0.25, 0.3) is 0 Å². The Morgan fingerprint density at radius 2 is 2.19 bits per heavy atom. The van der Waals surface area contributed by atoms with Crippen LogP contribution in [-0.4, -0.2) is 51.2 Å². The zero-order chi connectivity index (χ0) is 15.5. The quantitative estimate of drug-likeness (QED) is 0.555. The summed E-state index contributed by atoms with van der Waals surface area (Å²) in [4.78, 5) is 13.7. The number of carbonyl (C=O) groups excluding carboxylic acids is 1. The summed E-state index contributed by atoms with van der Waals surface area (Å²) < 4.78 is 4.89. The Morgan fingerprint density at radius 3 is 2.90 bits per heavy atom. The van der Waals surface area contributed by atoms with E-state index in [0.29, 0.717) is 32.8 Å². The number of benzene rings is 1. The zero-order valence-corrected chi connectivity index (χ0v) is 12.7. The van der Waals surface area contributed by atoms with Crippen molar-refractivity contribution in [2.24, 2.45) is 5.73 Å². The molecule has 0 aliphatic rings. The molecule has 0 radical (unpaired) electrons. The first-order valence-corrected chi connectivity index (χ1v) is 6.88. The number of hydrogen-bond acceptors (Lipinski definition) is 4. The number of nitrogens with one attached hydrogen (secondary N) is 1. The van der Waals surface area contributed by atoms with Crippen molar-refractivity contribution in [1.82, 2.24) is 10.2 Å². The SMILES string of the molecule is COCCNC(=O)CN(C)Cc1ccccc1C#CCN. The number of amides is 1. The summed E-state index contributed by atoms with van der Waals surface area (Å²) in [5.41, 5.74) is 7.45. The third kappa shape index (κ3) is 6.91. The van der Waals surface area contributed by atoms with Crippen molar-refractivity contribution in [2.75, 3.05) is 40.4 Å². The van der Waals surface area contributed by atoms with Crippen molar-refractivity contribution in [3.05, 3.63) is 35.4 Å². The third-order valence-electron chi connectivity index (χ3n) is 2.82. The minimum atomic E-state index is -0.0138. The van der Waals surface area contributed by atoms with E-state index in [9.17, 15) is 4.79 Å². The first-order valence-electron chi connectivity index (χ1n) is 6.88. The second kappa shape index (κ2) is 9.94. The maximum atomic E-state index is 11.7. The van der Waals surface area contributed by atoms with E-state index in [1.165, 1.54) is 0 Å². The molecule has 0 bridgehead atoms. The lowest BCUT2D eigenvalue weighted by Crippen LogP contribution is -2.36. The standard InChI is InChI=1S/C16H23N3O2/c1-19(13-16(20)18-10-11-21-2)12-15-7-4-3-6-14(15)8-5-9-17/h3-4,6-7H,9-13,17H2,1-2H3,(H,18,20). The predicted octanol–water partition coefficient (Wildman–Crippen LogP) is 0.191. The first-order chi connectivity index (χ1) is 10.2. The fraction of sp³-hybridized carbons (Fsp3) is 0.438. The van der Waals surface area contributed by atoms with Crippen LogP contribution in [0, 0.1) is 11.8 Å². The van der Waals surface area contributed by atoms with E-state index in [1.54, 1.807) is 7.11 Å². The Bertz CT molecular complexity index is 506. The average Bonchev–Trinajstić information content (AvgIpc) is 2.46. The summed E-state index contributed by atoms with van der Waals surface area (Å²) in [5, 5.41) is 2.80. The van der Waals surface area contributed by atoms with Gasteiger partial charge in [-0.1, -0.05) is 30.0 Å². The van der Waals surface area contributed by atoms with Gasteiger partial charge < -0.3 is 15.8 Å². The van der Waals surface area contributed by atoms with E-state index in [0.717, 1.165) is 11.1 Å². The van der Waals surface area contributed by atoms with Crippen LogP contribution in [0.1, 0.15) is 11.1 Å². The average molecular weight is 289 g/mol. The maximum absolute atomic E-state index is 11.7. The van der Waals surface area contributed by atoms with Crippen molar-refractivity contribution in [2.45, 2.75) is 6.54 Å². The van der Waals surface area contributed by atoms with Gasteiger partial charge in [0.2, 0.25) is 5.91 Å². The van der Waals surface area contributed by atoms with Crippen LogP contribution in [0.5, 0.6) is 0 Å². The van der Waals surface area contributed by atoms with E-state index in [-0.39, 0.29) is 5.91 Å². The molecule has 0 fully saturated rings. The molecule has 0 unspecified atom stereocenters. The second-order valence-electron chi connectivity index (χ2n) is 4.68. The molecule has 0 atom stereocenters. The maximum Gasteiger partial charge on any atom is 0.234 e. The molecule has 1 aromatic rings. The number of likely N-dealkylation sites (N-methyl/N-ethyl adjacent to an activating group) is 1. The topological polar surface area (TPSA) is 67.6 Å². The van der Waals surface area contributed by atoms with Gasteiger partial charge in [-0.05, 0) is 18.7 Å². The number of nitrogens with two attached hydrogens (primary N) is 1. The lowest BCUT2D eigenvalue weighted by atomic mass is 10.1. The van der Waals surface area contributed by atoms with Gasteiger partial charge >= 0.3 is 0 Å².